The standard InChI is InChI=1S/C21H27N3O5/c1-4-29-19(25)9-10-22-21(26)24-13-12-23-11-5-6-16(23)20(24)15-7-8-17(27-2)18(14-15)28-3/h5-8,11,14,20H,4,9-10,12-13H2,1-3H3,(H,22,26). The van der Waals surface area contributed by atoms with E-state index in [0.29, 0.717) is 31.2 Å². The lowest BCUT2D eigenvalue weighted by molar-refractivity contribution is -0.142. The fourth-order valence-electron chi connectivity index (χ4n) is 3.58. The zero-order valence-corrected chi connectivity index (χ0v) is 17.0. The zero-order valence-electron chi connectivity index (χ0n) is 17.0. The molecule has 0 spiro atoms. The molecular weight excluding hydrogens is 374 g/mol. The lowest BCUT2D eigenvalue weighted by Gasteiger charge is -2.37. The van der Waals surface area contributed by atoms with Crippen molar-refractivity contribution in [1.82, 2.24) is 14.8 Å². The minimum atomic E-state index is -0.322. The molecule has 1 aromatic carbocycles. The summed E-state index contributed by atoms with van der Waals surface area (Å²) in [6.45, 7) is 3.57. The van der Waals surface area contributed by atoms with Gasteiger partial charge in [-0.25, -0.2) is 4.79 Å². The van der Waals surface area contributed by atoms with Crippen molar-refractivity contribution in [3.8, 4) is 11.5 Å². The molecule has 29 heavy (non-hydrogen) atoms. The van der Waals surface area contributed by atoms with Gasteiger partial charge in [-0.1, -0.05) is 6.07 Å². The summed E-state index contributed by atoms with van der Waals surface area (Å²) in [5, 5.41) is 2.84. The minimum absolute atomic E-state index is 0.144. The molecule has 1 atom stereocenters. The summed E-state index contributed by atoms with van der Waals surface area (Å²) in [6, 6.07) is 9.17. The number of hydrogen-bond acceptors (Lipinski definition) is 5. The van der Waals surface area contributed by atoms with Crippen molar-refractivity contribution < 1.29 is 23.8 Å². The van der Waals surface area contributed by atoms with Crippen molar-refractivity contribution in [3.05, 3.63) is 47.8 Å². The Labute approximate surface area is 170 Å². The molecule has 1 unspecified atom stereocenters. The molecule has 1 aliphatic heterocycles. The summed E-state index contributed by atoms with van der Waals surface area (Å²) >= 11 is 0. The minimum Gasteiger partial charge on any atom is -0.493 e. The zero-order chi connectivity index (χ0) is 20.8. The van der Waals surface area contributed by atoms with Gasteiger partial charge in [0.15, 0.2) is 11.5 Å². The number of nitrogens with one attached hydrogen (secondary N) is 1. The van der Waals surface area contributed by atoms with Gasteiger partial charge >= 0.3 is 12.0 Å². The molecule has 1 aromatic heterocycles. The number of nitrogens with zero attached hydrogens (tertiary/aromatic N) is 2. The predicted molar refractivity (Wildman–Crippen MR) is 107 cm³/mol. The number of aromatic nitrogens is 1. The Morgan fingerprint density at radius 3 is 2.66 bits per heavy atom. The van der Waals surface area contributed by atoms with Crippen LogP contribution in [0.1, 0.15) is 30.6 Å². The third kappa shape index (κ3) is 4.47. The number of carbonyl (C=O) groups excluding carboxylic acids is 2. The summed E-state index contributed by atoms with van der Waals surface area (Å²) in [5.74, 6) is 0.918. The Bertz CT molecular complexity index is 864. The highest BCUT2D eigenvalue weighted by atomic mass is 16.5. The van der Waals surface area contributed by atoms with E-state index < -0.39 is 0 Å². The summed E-state index contributed by atoms with van der Waals surface area (Å²) in [4.78, 5) is 26.2. The smallest absolute Gasteiger partial charge is 0.318 e. The maximum atomic E-state index is 12.9. The fourth-order valence-corrected chi connectivity index (χ4v) is 3.58. The number of urea groups is 1. The van der Waals surface area contributed by atoms with Crippen molar-refractivity contribution >= 4 is 12.0 Å². The van der Waals surface area contributed by atoms with Gasteiger partial charge < -0.3 is 29.0 Å². The number of amides is 2. The molecule has 2 amide bonds. The molecule has 0 saturated carbocycles. The Hall–Kier alpha value is -3.16. The van der Waals surface area contributed by atoms with E-state index >= 15 is 0 Å². The molecule has 0 saturated heterocycles. The summed E-state index contributed by atoms with van der Waals surface area (Å²) in [6.07, 6.45) is 2.16. The number of esters is 1. The number of ether oxygens (including phenoxy) is 3. The molecule has 2 heterocycles. The van der Waals surface area contributed by atoms with Crippen molar-refractivity contribution in [2.45, 2.75) is 25.9 Å². The van der Waals surface area contributed by atoms with E-state index in [4.69, 9.17) is 14.2 Å². The Kier molecular flexibility index (Phi) is 6.64. The molecule has 0 bridgehead atoms. The summed E-state index contributed by atoms with van der Waals surface area (Å²) in [5.41, 5.74) is 1.94. The molecule has 1 aliphatic rings. The lowest BCUT2D eigenvalue weighted by atomic mass is 9.99. The molecule has 0 fully saturated rings. The van der Waals surface area contributed by atoms with Crippen LogP contribution in [0.3, 0.4) is 0 Å². The lowest BCUT2D eigenvalue weighted by Crippen LogP contribution is -2.47. The van der Waals surface area contributed by atoms with Crippen LogP contribution in [0.15, 0.2) is 36.5 Å². The first-order chi connectivity index (χ1) is 14.1. The second-order valence-electron chi connectivity index (χ2n) is 6.62. The Morgan fingerprint density at radius 2 is 1.93 bits per heavy atom. The van der Waals surface area contributed by atoms with Gasteiger partial charge in [-0.3, -0.25) is 4.79 Å². The normalized spacial score (nSPS) is 15.4. The van der Waals surface area contributed by atoms with Crippen LogP contribution in [0.4, 0.5) is 4.79 Å². The van der Waals surface area contributed by atoms with Crippen LogP contribution >= 0.6 is 0 Å². The third-order valence-electron chi connectivity index (χ3n) is 4.93. The summed E-state index contributed by atoms with van der Waals surface area (Å²) in [7, 11) is 3.18. The van der Waals surface area contributed by atoms with E-state index in [0.717, 1.165) is 11.3 Å². The average molecular weight is 401 g/mol. The van der Waals surface area contributed by atoms with Gasteiger partial charge in [0.1, 0.15) is 0 Å². The SMILES string of the molecule is CCOC(=O)CCNC(=O)N1CCn2cccc2C1c1ccc(OC)c(OC)c1. The highest BCUT2D eigenvalue weighted by Crippen LogP contribution is 2.37. The first-order valence-electron chi connectivity index (χ1n) is 9.66. The number of methoxy groups -OCH3 is 2. The highest BCUT2D eigenvalue weighted by molar-refractivity contribution is 5.77. The molecule has 1 N–H and O–H groups in total. The van der Waals surface area contributed by atoms with Gasteiger partial charge in [-0.2, -0.15) is 0 Å². The predicted octanol–water partition coefficient (Wildman–Crippen LogP) is 2.57. The molecular formula is C21H27N3O5. The molecule has 0 radical (unpaired) electrons. The van der Waals surface area contributed by atoms with Crippen molar-refractivity contribution in [3.63, 3.8) is 0 Å². The molecule has 8 nitrogen and oxygen atoms in total. The highest BCUT2D eigenvalue weighted by Gasteiger charge is 2.32. The number of benzene rings is 1. The maximum Gasteiger partial charge on any atom is 0.318 e. The van der Waals surface area contributed by atoms with Crippen LogP contribution in [0.5, 0.6) is 11.5 Å². The van der Waals surface area contributed by atoms with Gasteiger partial charge in [-0.15, -0.1) is 0 Å². The van der Waals surface area contributed by atoms with Crippen LogP contribution in [0.2, 0.25) is 0 Å². The van der Waals surface area contributed by atoms with Gasteiger partial charge in [-0.05, 0) is 36.8 Å². The quantitative estimate of drug-likeness (QED) is 0.721. The fraction of sp³-hybridized carbons (Fsp3) is 0.429. The van der Waals surface area contributed by atoms with Gasteiger partial charge in [0, 0.05) is 31.5 Å². The van der Waals surface area contributed by atoms with Crippen LogP contribution in [0.25, 0.3) is 0 Å². The first kappa shape index (κ1) is 20.6. The third-order valence-corrected chi connectivity index (χ3v) is 4.93. The Balaban J connectivity index is 1.83. The topological polar surface area (TPSA) is 82.0 Å². The van der Waals surface area contributed by atoms with Crippen LogP contribution < -0.4 is 14.8 Å². The van der Waals surface area contributed by atoms with Crippen LogP contribution in [-0.2, 0) is 16.1 Å². The number of rotatable bonds is 7. The molecule has 2 aromatic rings. The number of hydrogen-bond donors (Lipinski definition) is 1. The van der Waals surface area contributed by atoms with E-state index in [1.807, 2.05) is 36.5 Å². The summed E-state index contributed by atoms with van der Waals surface area (Å²) < 4.78 is 17.8. The largest absolute Gasteiger partial charge is 0.493 e. The monoisotopic (exact) mass is 401 g/mol. The van der Waals surface area contributed by atoms with Crippen LogP contribution in [-0.4, -0.2) is 55.4 Å². The van der Waals surface area contributed by atoms with E-state index in [1.54, 1.807) is 26.0 Å². The van der Waals surface area contributed by atoms with Crippen LogP contribution in [0, 0.1) is 0 Å². The maximum absolute atomic E-state index is 12.9. The molecule has 3 rings (SSSR count). The van der Waals surface area contributed by atoms with E-state index in [-0.39, 0.29) is 31.0 Å². The Morgan fingerprint density at radius 1 is 1.14 bits per heavy atom. The first-order valence-corrected chi connectivity index (χ1v) is 9.66. The van der Waals surface area contributed by atoms with Crippen molar-refractivity contribution in [1.29, 1.82) is 0 Å². The second kappa shape index (κ2) is 9.36. The van der Waals surface area contributed by atoms with E-state index in [9.17, 15) is 9.59 Å². The molecule has 0 aliphatic carbocycles. The van der Waals surface area contributed by atoms with Crippen molar-refractivity contribution in [2.75, 3.05) is 33.9 Å². The number of fused-ring (bicyclic) bond motifs is 1. The molecule has 8 heteroatoms. The molecule has 156 valence electrons. The van der Waals surface area contributed by atoms with Crippen molar-refractivity contribution in [2.24, 2.45) is 0 Å². The van der Waals surface area contributed by atoms with E-state index in [1.165, 1.54) is 0 Å². The van der Waals surface area contributed by atoms with Gasteiger partial charge in [0.05, 0.1) is 33.3 Å². The number of carbonyl (C=O) groups is 2. The average Bonchev–Trinajstić information content (AvgIpc) is 3.21. The second-order valence-corrected chi connectivity index (χ2v) is 6.62. The van der Waals surface area contributed by atoms with Gasteiger partial charge in [0.2, 0.25) is 0 Å². The van der Waals surface area contributed by atoms with Gasteiger partial charge in [0.25, 0.3) is 0 Å². The van der Waals surface area contributed by atoms with E-state index in [2.05, 4.69) is 9.88 Å².